The van der Waals surface area contributed by atoms with Gasteiger partial charge in [0.2, 0.25) is 0 Å². The molecule has 0 unspecified atom stereocenters. The second kappa shape index (κ2) is 5.05. The van der Waals surface area contributed by atoms with E-state index < -0.39 is 5.97 Å². The Morgan fingerprint density at radius 1 is 1.40 bits per heavy atom. The third-order valence-corrected chi connectivity index (χ3v) is 1.87. The van der Waals surface area contributed by atoms with Crippen LogP contribution < -0.4 is 10.5 Å². The van der Waals surface area contributed by atoms with E-state index in [-0.39, 0.29) is 0 Å². The lowest BCUT2D eigenvalue weighted by molar-refractivity contribution is -0.134. The van der Waals surface area contributed by atoms with Crippen LogP contribution in [-0.4, -0.2) is 20.2 Å². The zero-order chi connectivity index (χ0) is 11.3. The van der Waals surface area contributed by atoms with Gasteiger partial charge in [0.05, 0.1) is 19.9 Å². The summed E-state index contributed by atoms with van der Waals surface area (Å²) in [7, 11) is 2.87. The van der Waals surface area contributed by atoms with Crippen molar-refractivity contribution in [2.75, 3.05) is 20.0 Å². The van der Waals surface area contributed by atoms with Gasteiger partial charge in [-0.3, -0.25) is 0 Å². The van der Waals surface area contributed by atoms with Gasteiger partial charge in [0.15, 0.2) is 0 Å². The number of carbonyl (C=O) groups excluding carboxylic acids is 1. The lowest BCUT2D eigenvalue weighted by atomic mass is 10.2. The summed E-state index contributed by atoms with van der Waals surface area (Å²) in [6.45, 7) is 0. The van der Waals surface area contributed by atoms with E-state index in [4.69, 9.17) is 10.5 Å². The van der Waals surface area contributed by atoms with E-state index in [0.29, 0.717) is 11.4 Å². The van der Waals surface area contributed by atoms with E-state index in [1.54, 1.807) is 31.4 Å². The van der Waals surface area contributed by atoms with E-state index in [2.05, 4.69) is 4.74 Å². The maximum absolute atomic E-state index is 10.8. The van der Waals surface area contributed by atoms with Gasteiger partial charge in [-0.15, -0.1) is 0 Å². The third kappa shape index (κ3) is 3.02. The van der Waals surface area contributed by atoms with Crippen LogP contribution in [0.5, 0.6) is 5.75 Å². The van der Waals surface area contributed by atoms with Gasteiger partial charge in [-0.05, 0) is 23.8 Å². The number of nitrogen functional groups attached to an aromatic ring is 1. The van der Waals surface area contributed by atoms with Gasteiger partial charge in [-0.1, -0.05) is 6.07 Å². The number of methoxy groups -OCH3 is 2. The van der Waals surface area contributed by atoms with Crippen molar-refractivity contribution in [2.45, 2.75) is 0 Å². The molecule has 15 heavy (non-hydrogen) atoms. The van der Waals surface area contributed by atoms with Gasteiger partial charge in [0, 0.05) is 6.08 Å². The summed E-state index contributed by atoms with van der Waals surface area (Å²) in [5, 5.41) is 0. The molecule has 2 N–H and O–H groups in total. The SMILES string of the molecule is COC(=O)C=Cc1ccc(N)c(OC)c1. The number of nitrogens with two attached hydrogens (primary N) is 1. The van der Waals surface area contributed by atoms with Crippen LogP contribution in [0.25, 0.3) is 6.08 Å². The molecule has 1 rings (SSSR count). The number of esters is 1. The zero-order valence-electron chi connectivity index (χ0n) is 8.69. The van der Waals surface area contributed by atoms with Crippen LogP contribution >= 0.6 is 0 Å². The highest BCUT2D eigenvalue weighted by atomic mass is 16.5. The molecule has 0 heterocycles. The predicted octanol–water partition coefficient (Wildman–Crippen LogP) is 1.46. The Labute approximate surface area is 88.3 Å². The molecule has 0 atom stereocenters. The second-order valence-electron chi connectivity index (χ2n) is 2.86. The lowest BCUT2D eigenvalue weighted by Crippen LogP contribution is -1.94. The van der Waals surface area contributed by atoms with Crippen molar-refractivity contribution in [1.82, 2.24) is 0 Å². The van der Waals surface area contributed by atoms with Crippen molar-refractivity contribution >= 4 is 17.7 Å². The number of anilines is 1. The quantitative estimate of drug-likeness (QED) is 0.463. The topological polar surface area (TPSA) is 61.5 Å². The summed E-state index contributed by atoms with van der Waals surface area (Å²) < 4.78 is 9.51. The van der Waals surface area contributed by atoms with Crippen molar-refractivity contribution in [1.29, 1.82) is 0 Å². The van der Waals surface area contributed by atoms with Crippen LogP contribution in [0.3, 0.4) is 0 Å². The van der Waals surface area contributed by atoms with E-state index in [9.17, 15) is 4.79 Å². The summed E-state index contributed by atoms with van der Waals surface area (Å²) in [5.74, 6) is 0.188. The van der Waals surface area contributed by atoms with E-state index >= 15 is 0 Å². The van der Waals surface area contributed by atoms with E-state index in [0.717, 1.165) is 5.56 Å². The molecule has 4 heteroatoms. The maximum atomic E-state index is 10.8. The van der Waals surface area contributed by atoms with Crippen LogP contribution in [0.4, 0.5) is 5.69 Å². The summed E-state index contributed by atoms with van der Waals surface area (Å²) >= 11 is 0. The predicted molar refractivity (Wildman–Crippen MR) is 58.5 cm³/mol. The average molecular weight is 207 g/mol. The second-order valence-corrected chi connectivity index (χ2v) is 2.86. The highest BCUT2D eigenvalue weighted by Crippen LogP contribution is 2.22. The molecule has 0 fully saturated rings. The highest BCUT2D eigenvalue weighted by Gasteiger charge is 1.99. The Hall–Kier alpha value is -1.97. The zero-order valence-corrected chi connectivity index (χ0v) is 8.69. The molecule has 0 spiro atoms. The highest BCUT2D eigenvalue weighted by molar-refractivity contribution is 5.87. The van der Waals surface area contributed by atoms with Gasteiger partial charge in [-0.2, -0.15) is 0 Å². The summed E-state index contributed by atoms with van der Waals surface area (Å²) in [6.07, 6.45) is 2.97. The number of ether oxygens (including phenoxy) is 2. The van der Waals surface area contributed by atoms with Gasteiger partial charge < -0.3 is 15.2 Å². The smallest absolute Gasteiger partial charge is 0.330 e. The van der Waals surface area contributed by atoms with Crippen molar-refractivity contribution in [3.05, 3.63) is 29.8 Å². The molecule has 0 radical (unpaired) electrons. The number of hydrogen-bond donors (Lipinski definition) is 1. The Morgan fingerprint density at radius 2 is 2.13 bits per heavy atom. The molecule has 0 aliphatic heterocycles. The standard InChI is InChI=1S/C11H13NO3/c1-14-10-7-8(3-5-9(10)12)4-6-11(13)15-2/h3-7H,12H2,1-2H3. The van der Waals surface area contributed by atoms with Gasteiger partial charge in [0.25, 0.3) is 0 Å². The molecular weight excluding hydrogens is 194 g/mol. The largest absolute Gasteiger partial charge is 0.495 e. The molecule has 80 valence electrons. The first-order valence-electron chi connectivity index (χ1n) is 4.37. The number of hydrogen-bond acceptors (Lipinski definition) is 4. The Morgan fingerprint density at radius 3 is 2.73 bits per heavy atom. The fourth-order valence-electron chi connectivity index (χ4n) is 1.06. The monoisotopic (exact) mass is 207 g/mol. The van der Waals surface area contributed by atoms with Crippen LogP contribution in [0, 0.1) is 0 Å². The molecule has 1 aromatic rings. The molecule has 0 bridgehead atoms. The minimum Gasteiger partial charge on any atom is -0.495 e. The summed E-state index contributed by atoms with van der Waals surface area (Å²) in [6, 6.07) is 5.25. The van der Waals surface area contributed by atoms with Crippen molar-refractivity contribution in [3.63, 3.8) is 0 Å². The normalized spacial score (nSPS) is 10.3. The molecule has 0 aromatic heterocycles. The van der Waals surface area contributed by atoms with Crippen LogP contribution in [0.15, 0.2) is 24.3 Å². The lowest BCUT2D eigenvalue weighted by Gasteiger charge is -2.04. The maximum Gasteiger partial charge on any atom is 0.330 e. The fourth-order valence-corrected chi connectivity index (χ4v) is 1.06. The fraction of sp³-hybridized carbons (Fsp3) is 0.182. The third-order valence-electron chi connectivity index (χ3n) is 1.87. The number of carbonyl (C=O) groups is 1. The Balaban J connectivity index is 2.87. The van der Waals surface area contributed by atoms with Gasteiger partial charge in [0.1, 0.15) is 5.75 Å². The minimum atomic E-state index is -0.397. The molecule has 0 saturated carbocycles. The summed E-state index contributed by atoms with van der Waals surface area (Å²) in [4.78, 5) is 10.8. The molecule has 0 saturated heterocycles. The van der Waals surface area contributed by atoms with Crippen LogP contribution in [0.1, 0.15) is 5.56 Å². The van der Waals surface area contributed by atoms with Crippen molar-refractivity contribution in [3.8, 4) is 5.75 Å². The minimum absolute atomic E-state index is 0.397. The van der Waals surface area contributed by atoms with Crippen molar-refractivity contribution < 1.29 is 14.3 Å². The molecule has 0 aliphatic carbocycles. The van der Waals surface area contributed by atoms with Crippen molar-refractivity contribution in [2.24, 2.45) is 0 Å². The first kappa shape index (κ1) is 11.1. The molecule has 1 aromatic carbocycles. The number of rotatable bonds is 3. The summed E-state index contributed by atoms with van der Waals surface area (Å²) in [5.41, 5.74) is 7.03. The number of benzene rings is 1. The molecule has 0 amide bonds. The molecule has 0 aliphatic rings. The average Bonchev–Trinajstić information content (AvgIpc) is 2.27. The van der Waals surface area contributed by atoms with Gasteiger partial charge in [-0.25, -0.2) is 4.79 Å². The molecule has 4 nitrogen and oxygen atoms in total. The van der Waals surface area contributed by atoms with Crippen LogP contribution in [0.2, 0.25) is 0 Å². The van der Waals surface area contributed by atoms with E-state index in [1.807, 2.05) is 0 Å². The Kier molecular flexibility index (Phi) is 3.74. The molecular formula is C11H13NO3. The van der Waals surface area contributed by atoms with Crippen LogP contribution in [-0.2, 0) is 9.53 Å². The first-order valence-corrected chi connectivity index (χ1v) is 4.37. The van der Waals surface area contributed by atoms with E-state index in [1.165, 1.54) is 13.2 Å². The van der Waals surface area contributed by atoms with Gasteiger partial charge >= 0.3 is 5.97 Å². The Bertz CT molecular complexity index is 385. The first-order chi connectivity index (χ1) is 7.17.